The first-order valence-electron chi connectivity index (χ1n) is 11.0. The van der Waals surface area contributed by atoms with Crippen molar-refractivity contribution in [1.29, 1.82) is 0 Å². The second kappa shape index (κ2) is 11.9. The Morgan fingerprint density at radius 2 is 1.04 bits per heavy atom. The second-order valence-corrected chi connectivity index (χ2v) is 7.65. The quantitative estimate of drug-likeness (QED) is 0.339. The van der Waals surface area contributed by atoms with Gasteiger partial charge in [-0.3, -0.25) is 0 Å². The van der Waals surface area contributed by atoms with Gasteiger partial charge in [-0.15, -0.1) is 0 Å². The van der Waals surface area contributed by atoms with Crippen LogP contribution in [0.2, 0.25) is 0 Å². The summed E-state index contributed by atoms with van der Waals surface area (Å²) >= 11 is 0. The Balaban J connectivity index is 2.38. The Morgan fingerprint density at radius 3 is 1.50 bits per heavy atom. The lowest BCUT2D eigenvalue weighted by Gasteiger charge is -2.24. The molecule has 0 aliphatic rings. The van der Waals surface area contributed by atoms with E-state index in [0.717, 1.165) is 0 Å². The van der Waals surface area contributed by atoms with Gasteiger partial charge in [-0.1, -0.05) is 101 Å². The highest BCUT2D eigenvalue weighted by Gasteiger charge is 2.19. The summed E-state index contributed by atoms with van der Waals surface area (Å²) in [5.74, 6) is 0.558. The molecule has 0 saturated heterocycles. The summed E-state index contributed by atoms with van der Waals surface area (Å²) in [5, 5.41) is 0. The van der Waals surface area contributed by atoms with E-state index in [1.807, 2.05) is 0 Å². The lowest BCUT2D eigenvalue weighted by molar-refractivity contribution is 0.608. The lowest BCUT2D eigenvalue weighted by Crippen LogP contribution is -2.08. The van der Waals surface area contributed by atoms with E-state index in [-0.39, 0.29) is 0 Å². The van der Waals surface area contributed by atoms with Gasteiger partial charge in [-0.2, -0.15) is 0 Å². The van der Waals surface area contributed by atoms with Gasteiger partial charge in [0.1, 0.15) is 0 Å². The van der Waals surface area contributed by atoms with Gasteiger partial charge < -0.3 is 0 Å². The third kappa shape index (κ3) is 6.01. The van der Waals surface area contributed by atoms with Crippen LogP contribution in [-0.2, 0) is 12.8 Å². The molecule has 26 heavy (non-hydrogen) atoms. The predicted octanol–water partition coefficient (Wildman–Crippen LogP) is 8.08. The van der Waals surface area contributed by atoms with Gasteiger partial charge in [0, 0.05) is 5.92 Å². The van der Waals surface area contributed by atoms with Crippen LogP contribution in [0.4, 0.5) is 0 Å². The zero-order valence-electron chi connectivity index (χ0n) is 17.3. The highest BCUT2D eigenvalue weighted by Crippen LogP contribution is 2.35. The van der Waals surface area contributed by atoms with Crippen LogP contribution in [0.25, 0.3) is 0 Å². The molecule has 0 heterocycles. The molecule has 2 aromatic rings. The van der Waals surface area contributed by atoms with Crippen LogP contribution in [0.15, 0.2) is 48.5 Å². The molecule has 0 fully saturated rings. The first-order valence-corrected chi connectivity index (χ1v) is 11.0. The number of rotatable bonds is 12. The molecule has 142 valence electrons. The maximum absolute atomic E-state index is 2.40. The van der Waals surface area contributed by atoms with Crippen molar-refractivity contribution in [3.05, 3.63) is 70.8 Å². The van der Waals surface area contributed by atoms with Crippen LogP contribution < -0.4 is 0 Å². The van der Waals surface area contributed by atoms with Crippen LogP contribution in [0, 0.1) is 0 Å². The van der Waals surface area contributed by atoms with Crippen molar-refractivity contribution in [2.75, 3.05) is 0 Å². The number of hydrogen-bond acceptors (Lipinski definition) is 0. The van der Waals surface area contributed by atoms with Crippen LogP contribution in [0.5, 0.6) is 0 Å². The van der Waals surface area contributed by atoms with Crippen molar-refractivity contribution in [3.8, 4) is 0 Å². The second-order valence-electron chi connectivity index (χ2n) is 7.65. The molecule has 0 unspecified atom stereocenters. The van der Waals surface area contributed by atoms with Crippen molar-refractivity contribution in [1.82, 2.24) is 0 Å². The SMILES string of the molecule is CCCCCC(c1ccccc1CCCC)c1ccccc1CCCC. The molecule has 2 rings (SSSR count). The largest absolute Gasteiger partial charge is 0.0654 e. The molecule has 0 atom stereocenters. The van der Waals surface area contributed by atoms with E-state index in [4.69, 9.17) is 0 Å². The van der Waals surface area contributed by atoms with E-state index >= 15 is 0 Å². The summed E-state index contributed by atoms with van der Waals surface area (Å²) in [7, 11) is 0. The van der Waals surface area contributed by atoms with Gasteiger partial charge in [-0.05, 0) is 54.4 Å². The lowest BCUT2D eigenvalue weighted by atomic mass is 9.80. The molecule has 0 bridgehead atoms. The van der Waals surface area contributed by atoms with Crippen LogP contribution in [0.3, 0.4) is 0 Å². The molecule has 0 nitrogen and oxygen atoms in total. The standard InChI is InChI=1S/C26H38/c1-4-7-10-21-26(24-19-13-11-17-22(24)15-8-5-2)25-20-14-12-18-23(25)16-9-6-3/h11-14,17-20,26H,4-10,15-16,21H2,1-3H3. The van der Waals surface area contributed by atoms with Gasteiger partial charge in [0.25, 0.3) is 0 Å². The van der Waals surface area contributed by atoms with Gasteiger partial charge in [-0.25, -0.2) is 0 Å². The predicted molar refractivity (Wildman–Crippen MR) is 116 cm³/mol. The summed E-state index contributed by atoms with van der Waals surface area (Å²) in [6.07, 6.45) is 12.8. The van der Waals surface area contributed by atoms with E-state index in [1.54, 1.807) is 22.3 Å². The number of aryl methyl sites for hydroxylation is 2. The first-order chi connectivity index (χ1) is 12.8. The number of hydrogen-bond donors (Lipinski definition) is 0. The van der Waals surface area contributed by atoms with Crippen LogP contribution >= 0.6 is 0 Å². The Morgan fingerprint density at radius 1 is 0.577 bits per heavy atom. The molecule has 0 amide bonds. The molecular weight excluding hydrogens is 312 g/mol. The zero-order chi connectivity index (χ0) is 18.6. The maximum Gasteiger partial charge on any atom is 0.00947 e. The third-order valence-corrected chi connectivity index (χ3v) is 5.56. The monoisotopic (exact) mass is 350 g/mol. The molecule has 0 saturated carbocycles. The molecular formula is C26H38. The fourth-order valence-electron chi connectivity index (χ4n) is 4.02. The maximum atomic E-state index is 2.40. The Labute approximate surface area is 162 Å². The van der Waals surface area contributed by atoms with E-state index in [0.29, 0.717) is 5.92 Å². The van der Waals surface area contributed by atoms with E-state index in [2.05, 4.69) is 69.3 Å². The third-order valence-electron chi connectivity index (χ3n) is 5.56. The van der Waals surface area contributed by atoms with E-state index in [9.17, 15) is 0 Å². The summed E-state index contributed by atoms with van der Waals surface area (Å²) in [6, 6.07) is 18.5. The summed E-state index contributed by atoms with van der Waals surface area (Å²) in [4.78, 5) is 0. The molecule has 0 N–H and O–H groups in total. The van der Waals surface area contributed by atoms with Crippen molar-refractivity contribution >= 4 is 0 Å². The molecule has 0 aliphatic carbocycles. The van der Waals surface area contributed by atoms with E-state index in [1.165, 1.54) is 64.2 Å². The van der Waals surface area contributed by atoms with Crippen molar-refractivity contribution in [2.45, 2.75) is 90.9 Å². The number of unbranched alkanes of at least 4 members (excludes halogenated alkanes) is 4. The normalized spacial score (nSPS) is 11.2. The summed E-state index contributed by atoms with van der Waals surface area (Å²) < 4.78 is 0. The molecule has 0 heteroatoms. The Bertz CT molecular complexity index is 574. The minimum Gasteiger partial charge on any atom is -0.0654 e. The van der Waals surface area contributed by atoms with Crippen molar-refractivity contribution in [3.63, 3.8) is 0 Å². The highest BCUT2D eigenvalue weighted by atomic mass is 14.2. The van der Waals surface area contributed by atoms with Crippen LogP contribution in [0.1, 0.15) is 100 Å². The van der Waals surface area contributed by atoms with Gasteiger partial charge >= 0.3 is 0 Å². The molecule has 0 aromatic heterocycles. The number of benzene rings is 2. The van der Waals surface area contributed by atoms with Crippen molar-refractivity contribution in [2.24, 2.45) is 0 Å². The molecule has 0 radical (unpaired) electrons. The minimum absolute atomic E-state index is 0.558. The van der Waals surface area contributed by atoms with Crippen LogP contribution in [-0.4, -0.2) is 0 Å². The minimum atomic E-state index is 0.558. The average molecular weight is 351 g/mol. The summed E-state index contributed by atoms with van der Waals surface area (Å²) in [5.41, 5.74) is 6.31. The van der Waals surface area contributed by atoms with Gasteiger partial charge in [0.15, 0.2) is 0 Å². The topological polar surface area (TPSA) is 0 Å². The van der Waals surface area contributed by atoms with E-state index < -0.39 is 0 Å². The fraction of sp³-hybridized carbons (Fsp3) is 0.538. The van der Waals surface area contributed by atoms with Gasteiger partial charge in [0.2, 0.25) is 0 Å². The molecule has 0 aliphatic heterocycles. The fourth-order valence-corrected chi connectivity index (χ4v) is 4.02. The summed E-state index contributed by atoms with van der Waals surface area (Å²) in [6.45, 7) is 6.89. The Hall–Kier alpha value is -1.56. The highest BCUT2D eigenvalue weighted by molar-refractivity contribution is 5.42. The first kappa shape index (κ1) is 20.7. The molecule has 2 aromatic carbocycles. The average Bonchev–Trinajstić information content (AvgIpc) is 2.69. The van der Waals surface area contributed by atoms with Crippen molar-refractivity contribution < 1.29 is 0 Å². The smallest absolute Gasteiger partial charge is 0.00947 e. The molecule has 0 spiro atoms. The zero-order valence-corrected chi connectivity index (χ0v) is 17.3. The van der Waals surface area contributed by atoms with Gasteiger partial charge in [0.05, 0.1) is 0 Å². The Kier molecular flexibility index (Phi) is 9.53.